The van der Waals surface area contributed by atoms with Crippen LogP contribution in [-0.4, -0.2) is 0 Å². The van der Waals surface area contributed by atoms with Gasteiger partial charge in [0.2, 0.25) is 11.8 Å². The molecule has 2 rings (SSSR count). The molecule has 0 heterocycles. The standard InChI is InChI=1S/C15H15OPS2/c1-2-14-13(11-12-7-4-3-5-8-12)9-6-10-15(14)16-17(18)19/h3-10H,2,11H2,1H3/p+1. The highest BCUT2D eigenvalue weighted by molar-refractivity contribution is 8.54. The maximum absolute atomic E-state index is 5.66. The van der Waals surface area contributed by atoms with E-state index in [9.17, 15) is 0 Å². The average molecular weight is 307 g/mol. The van der Waals surface area contributed by atoms with Crippen molar-refractivity contribution in [1.29, 1.82) is 0 Å². The second kappa shape index (κ2) is 7.04. The van der Waals surface area contributed by atoms with E-state index in [2.05, 4.69) is 49.5 Å². The van der Waals surface area contributed by atoms with Crippen molar-refractivity contribution in [1.82, 2.24) is 0 Å². The molecule has 2 aromatic carbocycles. The Morgan fingerprint density at radius 3 is 2.47 bits per heavy atom. The summed E-state index contributed by atoms with van der Waals surface area (Å²) in [6, 6.07) is 16.6. The van der Waals surface area contributed by atoms with Gasteiger partial charge in [-0.25, -0.2) is 0 Å². The smallest absolute Gasteiger partial charge is 0.265 e. The van der Waals surface area contributed by atoms with Gasteiger partial charge < -0.3 is 0 Å². The lowest BCUT2D eigenvalue weighted by atomic mass is 9.97. The molecule has 0 amide bonds. The van der Waals surface area contributed by atoms with Crippen LogP contribution in [0.3, 0.4) is 0 Å². The number of hydrogen-bond donors (Lipinski definition) is 1. The third kappa shape index (κ3) is 4.04. The normalized spacial score (nSPS) is 11.2. The fraction of sp³-hybridized carbons (Fsp3) is 0.200. The van der Waals surface area contributed by atoms with Gasteiger partial charge in [-0.15, -0.1) is 0 Å². The van der Waals surface area contributed by atoms with Gasteiger partial charge in [0.25, 0.3) is 0 Å². The lowest BCUT2D eigenvalue weighted by Crippen LogP contribution is -1.97. The van der Waals surface area contributed by atoms with E-state index in [4.69, 9.17) is 16.3 Å². The SMILES string of the molecule is CCc1c(Cc2ccccc2)cccc1O[P+](=S)S. The predicted molar refractivity (Wildman–Crippen MR) is 89.0 cm³/mol. The summed E-state index contributed by atoms with van der Waals surface area (Å²) >= 11 is 9.23. The van der Waals surface area contributed by atoms with Crippen molar-refractivity contribution in [2.75, 3.05) is 0 Å². The van der Waals surface area contributed by atoms with E-state index in [1.807, 2.05) is 18.2 Å². The molecule has 19 heavy (non-hydrogen) atoms. The van der Waals surface area contributed by atoms with Crippen molar-refractivity contribution in [3.63, 3.8) is 0 Å². The Kier molecular flexibility index (Phi) is 5.38. The Morgan fingerprint density at radius 2 is 1.84 bits per heavy atom. The zero-order chi connectivity index (χ0) is 13.7. The molecule has 0 aliphatic heterocycles. The zero-order valence-electron chi connectivity index (χ0n) is 10.7. The molecule has 0 aliphatic carbocycles. The van der Waals surface area contributed by atoms with Gasteiger partial charge in [-0.3, -0.25) is 4.52 Å². The van der Waals surface area contributed by atoms with Crippen molar-refractivity contribution in [2.24, 2.45) is 0 Å². The molecule has 0 bridgehead atoms. The van der Waals surface area contributed by atoms with Crippen LogP contribution in [0.15, 0.2) is 48.5 Å². The number of rotatable bonds is 5. The first-order valence-corrected chi connectivity index (χ1v) is 9.62. The third-order valence-electron chi connectivity index (χ3n) is 3.00. The van der Waals surface area contributed by atoms with Crippen molar-refractivity contribution in [3.05, 3.63) is 65.2 Å². The van der Waals surface area contributed by atoms with E-state index >= 15 is 0 Å². The van der Waals surface area contributed by atoms with E-state index < -0.39 is 6.13 Å². The van der Waals surface area contributed by atoms with Crippen molar-refractivity contribution in [3.8, 4) is 5.75 Å². The minimum absolute atomic E-state index is 0.882. The van der Waals surface area contributed by atoms with E-state index in [0.29, 0.717) is 0 Å². The minimum atomic E-state index is -1.09. The van der Waals surface area contributed by atoms with Crippen LogP contribution in [0.2, 0.25) is 0 Å². The lowest BCUT2D eigenvalue weighted by Gasteiger charge is -2.10. The van der Waals surface area contributed by atoms with E-state index in [-0.39, 0.29) is 0 Å². The molecule has 0 aliphatic rings. The van der Waals surface area contributed by atoms with Crippen LogP contribution in [-0.2, 0) is 24.6 Å². The second-order valence-electron chi connectivity index (χ2n) is 4.24. The van der Waals surface area contributed by atoms with Gasteiger partial charge >= 0.3 is 6.13 Å². The molecule has 0 spiro atoms. The Labute approximate surface area is 125 Å². The molecule has 1 nitrogen and oxygen atoms in total. The van der Waals surface area contributed by atoms with Gasteiger partial charge in [-0.05, 0) is 30.0 Å². The summed E-state index contributed by atoms with van der Waals surface area (Å²) in [5.41, 5.74) is 3.84. The molecule has 2 aromatic rings. The quantitative estimate of drug-likeness (QED) is 0.620. The molecule has 0 saturated heterocycles. The number of benzene rings is 2. The summed E-state index contributed by atoms with van der Waals surface area (Å²) in [5, 5.41) is 0. The van der Waals surface area contributed by atoms with Crippen LogP contribution >= 0.6 is 18.4 Å². The summed E-state index contributed by atoms with van der Waals surface area (Å²) < 4.78 is 5.66. The molecule has 98 valence electrons. The summed E-state index contributed by atoms with van der Waals surface area (Å²) in [6.07, 6.45) is 0.762. The fourth-order valence-corrected chi connectivity index (χ4v) is 3.01. The maximum Gasteiger partial charge on any atom is 0.459 e. The van der Waals surface area contributed by atoms with Crippen LogP contribution in [0.1, 0.15) is 23.6 Å². The largest absolute Gasteiger partial charge is 0.459 e. The monoisotopic (exact) mass is 307 g/mol. The van der Waals surface area contributed by atoms with E-state index in [1.54, 1.807) is 0 Å². The number of thiol groups is 1. The second-order valence-corrected chi connectivity index (χ2v) is 7.79. The van der Waals surface area contributed by atoms with Gasteiger partial charge in [-0.2, -0.15) is 0 Å². The first kappa shape index (κ1) is 14.5. The Bertz CT molecular complexity index is 570. The van der Waals surface area contributed by atoms with Crippen LogP contribution in [0, 0.1) is 0 Å². The highest BCUT2D eigenvalue weighted by Crippen LogP contribution is 2.35. The van der Waals surface area contributed by atoms with Crippen LogP contribution in [0.4, 0.5) is 0 Å². The molecule has 0 N–H and O–H groups in total. The molecule has 1 unspecified atom stereocenters. The van der Waals surface area contributed by atoms with Gasteiger partial charge in [0.15, 0.2) is 5.75 Å². The van der Waals surface area contributed by atoms with Crippen molar-refractivity contribution < 1.29 is 4.52 Å². The molecule has 0 radical (unpaired) electrons. The predicted octanol–water partition coefficient (Wildman–Crippen LogP) is 4.92. The number of hydrogen-bond acceptors (Lipinski definition) is 2. The fourth-order valence-electron chi connectivity index (χ4n) is 2.16. The topological polar surface area (TPSA) is 9.23 Å². The molecular formula is C15H16OPS2+. The summed E-state index contributed by atoms with van der Waals surface area (Å²) in [4.78, 5) is 0. The molecule has 0 aromatic heterocycles. The maximum atomic E-state index is 5.66. The van der Waals surface area contributed by atoms with E-state index in [0.717, 1.165) is 18.6 Å². The molecule has 0 saturated carbocycles. The van der Waals surface area contributed by atoms with Gasteiger partial charge in [0.1, 0.15) is 12.2 Å². The highest BCUT2D eigenvalue weighted by atomic mass is 32.9. The Hall–Kier alpha value is -0.890. The summed E-state index contributed by atoms with van der Waals surface area (Å²) in [7, 11) is 0. The molecule has 4 heteroatoms. The summed E-state index contributed by atoms with van der Waals surface area (Å²) in [6.45, 7) is 2.14. The lowest BCUT2D eigenvalue weighted by molar-refractivity contribution is 0.628. The van der Waals surface area contributed by atoms with Gasteiger partial charge in [0.05, 0.1) is 0 Å². The zero-order valence-corrected chi connectivity index (χ0v) is 13.3. The average Bonchev–Trinajstić information content (AvgIpc) is 2.39. The summed E-state index contributed by atoms with van der Waals surface area (Å²) in [5.74, 6) is 0.882. The van der Waals surface area contributed by atoms with Crippen molar-refractivity contribution >= 4 is 30.2 Å². The van der Waals surface area contributed by atoms with Crippen molar-refractivity contribution in [2.45, 2.75) is 19.8 Å². The van der Waals surface area contributed by atoms with Gasteiger partial charge in [0, 0.05) is 5.56 Å². The molecule has 0 fully saturated rings. The third-order valence-corrected chi connectivity index (χ3v) is 3.82. The highest BCUT2D eigenvalue weighted by Gasteiger charge is 2.14. The van der Waals surface area contributed by atoms with Crippen LogP contribution < -0.4 is 4.52 Å². The Morgan fingerprint density at radius 1 is 1.11 bits per heavy atom. The minimum Gasteiger partial charge on any atom is -0.265 e. The van der Waals surface area contributed by atoms with E-state index in [1.165, 1.54) is 16.7 Å². The first-order chi connectivity index (χ1) is 9.20. The molecule has 1 atom stereocenters. The van der Waals surface area contributed by atoms with Gasteiger partial charge in [-0.1, -0.05) is 49.4 Å². The first-order valence-electron chi connectivity index (χ1n) is 6.19. The van der Waals surface area contributed by atoms with Crippen LogP contribution in [0.25, 0.3) is 0 Å². The Balaban J connectivity index is 2.32. The van der Waals surface area contributed by atoms with Crippen LogP contribution in [0.5, 0.6) is 5.75 Å². The molecular weight excluding hydrogens is 291 g/mol.